The molecule has 0 N–H and O–H groups in total. The minimum Gasteiger partial charge on any atom is -0.468 e. The van der Waals surface area contributed by atoms with Crippen LogP contribution in [0.15, 0.2) is 30.3 Å². The number of ether oxygens (including phenoxy) is 1. The maximum absolute atomic E-state index is 12.5. The van der Waals surface area contributed by atoms with Gasteiger partial charge in [0, 0.05) is 11.3 Å². The van der Waals surface area contributed by atoms with Gasteiger partial charge in [0.15, 0.2) is 5.78 Å². The van der Waals surface area contributed by atoms with Crippen LogP contribution in [0.3, 0.4) is 0 Å². The van der Waals surface area contributed by atoms with Gasteiger partial charge in [-0.25, -0.2) is 0 Å². The van der Waals surface area contributed by atoms with E-state index < -0.39 is 28.8 Å². The molecule has 1 rings (SSSR count). The largest absolute Gasteiger partial charge is 0.468 e. The van der Waals surface area contributed by atoms with Gasteiger partial charge < -0.3 is 4.74 Å². The highest BCUT2D eigenvalue weighted by molar-refractivity contribution is 6.04. The van der Waals surface area contributed by atoms with Crippen molar-refractivity contribution in [3.63, 3.8) is 0 Å². The van der Waals surface area contributed by atoms with Gasteiger partial charge in [0.05, 0.1) is 13.0 Å². The second-order valence-corrected chi connectivity index (χ2v) is 5.35. The van der Waals surface area contributed by atoms with E-state index in [1.54, 1.807) is 30.3 Å². The summed E-state index contributed by atoms with van der Waals surface area (Å²) < 4.78 is 4.78. The van der Waals surface area contributed by atoms with E-state index in [2.05, 4.69) is 0 Å². The minimum atomic E-state index is -1.57. The molecule has 1 unspecified atom stereocenters. The van der Waals surface area contributed by atoms with Gasteiger partial charge in [-0.1, -0.05) is 37.3 Å². The fourth-order valence-corrected chi connectivity index (χ4v) is 2.60. The quantitative estimate of drug-likeness (QED) is 0.319. The zero-order valence-corrected chi connectivity index (χ0v) is 13.1. The molecule has 0 spiro atoms. The fraction of sp³-hybridized carbons (Fsp3) is 0.500. The lowest BCUT2D eigenvalue weighted by atomic mass is 9.69. The lowest BCUT2D eigenvalue weighted by Gasteiger charge is -2.31. The number of Topliss-reactive ketones (excluding diaryl/α,β-unsaturated/α-hetero) is 1. The van der Waals surface area contributed by atoms with E-state index in [1.807, 2.05) is 6.92 Å². The first-order chi connectivity index (χ1) is 10.4. The number of methoxy groups -OCH3 is 1. The summed E-state index contributed by atoms with van der Waals surface area (Å²) in [4.78, 5) is 35.4. The van der Waals surface area contributed by atoms with Crippen LogP contribution in [-0.4, -0.2) is 30.3 Å². The number of carbonyl (C=O) groups excluding carboxylic acids is 2. The molecule has 6 nitrogen and oxygen atoms in total. The summed E-state index contributed by atoms with van der Waals surface area (Å²) >= 11 is 0. The predicted molar refractivity (Wildman–Crippen MR) is 81.1 cm³/mol. The first-order valence-corrected chi connectivity index (χ1v) is 7.16. The van der Waals surface area contributed by atoms with Crippen LogP contribution in [0.2, 0.25) is 0 Å². The fourth-order valence-electron chi connectivity index (χ4n) is 2.60. The molecule has 6 heteroatoms. The summed E-state index contributed by atoms with van der Waals surface area (Å²) in [5, 5.41) is 11.1. The third-order valence-corrected chi connectivity index (χ3v) is 3.90. The van der Waals surface area contributed by atoms with Crippen molar-refractivity contribution in [3.05, 3.63) is 46.0 Å². The Labute approximate surface area is 129 Å². The van der Waals surface area contributed by atoms with E-state index >= 15 is 0 Å². The molecule has 0 saturated heterocycles. The summed E-state index contributed by atoms with van der Waals surface area (Å²) in [6.07, 6.45) is 0.734. The zero-order valence-electron chi connectivity index (χ0n) is 13.1. The lowest BCUT2D eigenvalue weighted by Crippen LogP contribution is -2.45. The van der Waals surface area contributed by atoms with E-state index in [1.165, 1.54) is 14.0 Å². The third kappa shape index (κ3) is 3.69. The van der Waals surface area contributed by atoms with E-state index in [-0.39, 0.29) is 12.2 Å². The first kappa shape index (κ1) is 17.8. The van der Waals surface area contributed by atoms with Crippen LogP contribution in [-0.2, 0) is 14.3 Å². The summed E-state index contributed by atoms with van der Waals surface area (Å²) in [5.41, 5.74) is -0.990. The van der Waals surface area contributed by atoms with Crippen molar-refractivity contribution in [1.29, 1.82) is 0 Å². The van der Waals surface area contributed by atoms with Crippen LogP contribution in [0.5, 0.6) is 0 Å². The third-order valence-electron chi connectivity index (χ3n) is 3.90. The van der Waals surface area contributed by atoms with Crippen LogP contribution >= 0.6 is 0 Å². The molecule has 0 amide bonds. The van der Waals surface area contributed by atoms with Gasteiger partial charge in [-0.3, -0.25) is 19.7 Å². The molecule has 0 bridgehead atoms. The first-order valence-electron chi connectivity index (χ1n) is 7.16. The van der Waals surface area contributed by atoms with Crippen molar-refractivity contribution in [2.45, 2.75) is 32.6 Å². The Bertz CT molecular complexity index is 543. The number of ketones is 1. The Morgan fingerprint density at radius 2 is 1.91 bits per heavy atom. The summed E-state index contributed by atoms with van der Waals surface area (Å²) in [6.45, 7) is 2.75. The molecule has 120 valence electrons. The molecule has 1 aromatic carbocycles. The van der Waals surface area contributed by atoms with Crippen LogP contribution in [0, 0.1) is 15.5 Å². The van der Waals surface area contributed by atoms with Crippen LogP contribution < -0.4 is 0 Å². The molecule has 0 aromatic heterocycles. The molecule has 0 aliphatic rings. The van der Waals surface area contributed by atoms with Gasteiger partial charge in [0.2, 0.25) is 6.54 Å². The molecule has 22 heavy (non-hydrogen) atoms. The van der Waals surface area contributed by atoms with E-state index in [0.29, 0.717) is 12.0 Å². The molecule has 0 heterocycles. The number of esters is 1. The standard InChI is InChI=1S/C16H21NO5/c1-4-8-14(18)16(2,15(19)22-3)13(11-17(20)21)12-9-6-5-7-10-12/h5-7,9-10,13H,4,8,11H2,1-3H3/t13-,16?/m0/s1. The van der Waals surface area contributed by atoms with Gasteiger partial charge in [-0.15, -0.1) is 0 Å². The SMILES string of the molecule is CCCC(=O)C(C)(C(=O)OC)[C@@H](C[N+](=O)[O-])c1ccccc1. The molecule has 1 aromatic rings. The summed E-state index contributed by atoms with van der Waals surface area (Å²) in [5.74, 6) is -1.94. The van der Waals surface area contributed by atoms with Crippen LogP contribution in [0.25, 0.3) is 0 Å². The number of carbonyl (C=O) groups is 2. The van der Waals surface area contributed by atoms with Crippen LogP contribution in [0.1, 0.15) is 38.2 Å². The van der Waals surface area contributed by atoms with Gasteiger partial charge in [-0.05, 0) is 18.9 Å². The minimum absolute atomic E-state index is 0.173. The molecule has 0 fully saturated rings. The van der Waals surface area contributed by atoms with Gasteiger partial charge in [-0.2, -0.15) is 0 Å². The zero-order chi connectivity index (χ0) is 16.8. The Balaban J connectivity index is 3.39. The number of hydrogen-bond acceptors (Lipinski definition) is 5. The highest BCUT2D eigenvalue weighted by Gasteiger charge is 2.51. The number of benzene rings is 1. The Morgan fingerprint density at radius 3 is 2.36 bits per heavy atom. The Hall–Kier alpha value is -2.24. The average Bonchev–Trinajstić information content (AvgIpc) is 2.51. The Morgan fingerprint density at radius 1 is 1.32 bits per heavy atom. The molecule has 0 aliphatic heterocycles. The lowest BCUT2D eigenvalue weighted by molar-refractivity contribution is -0.485. The normalized spacial score (nSPS) is 14.7. The van der Waals surface area contributed by atoms with Crippen molar-refractivity contribution in [2.24, 2.45) is 5.41 Å². The van der Waals surface area contributed by atoms with Crippen molar-refractivity contribution in [3.8, 4) is 0 Å². The van der Waals surface area contributed by atoms with Crippen LogP contribution in [0.4, 0.5) is 0 Å². The van der Waals surface area contributed by atoms with Gasteiger partial charge >= 0.3 is 5.97 Å². The maximum Gasteiger partial charge on any atom is 0.319 e. The molecule has 2 atom stereocenters. The highest BCUT2D eigenvalue weighted by atomic mass is 16.6. The van der Waals surface area contributed by atoms with Gasteiger partial charge in [0.25, 0.3) is 0 Å². The maximum atomic E-state index is 12.5. The van der Waals surface area contributed by atoms with Gasteiger partial charge in [0.1, 0.15) is 5.41 Å². The summed E-state index contributed by atoms with van der Waals surface area (Å²) in [7, 11) is 1.19. The van der Waals surface area contributed by atoms with Crippen molar-refractivity contribution in [2.75, 3.05) is 13.7 Å². The highest BCUT2D eigenvalue weighted by Crippen LogP contribution is 2.39. The number of hydrogen-bond donors (Lipinski definition) is 0. The molecular formula is C16H21NO5. The number of nitro groups is 1. The molecule has 0 radical (unpaired) electrons. The van der Waals surface area contributed by atoms with E-state index in [0.717, 1.165) is 0 Å². The monoisotopic (exact) mass is 307 g/mol. The molecular weight excluding hydrogens is 286 g/mol. The van der Waals surface area contributed by atoms with Crippen molar-refractivity contribution in [1.82, 2.24) is 0 Å². The van der Waals surface area contributed by atoms with E-state index in [9.17, 15) is 19.7 Å². The predicted octanol–water partition coefficient (Wildman–Crippen LogP) is 2.60. The average molecular weight is 307 g/mol. The van der Waals surface area contributed by atoms with Crippen molar-refractivity contribution >= 4 is 11.8 Å². The second-order valence-electron chi connectivity index (χ2n) is 5.35. The Kier molecular flexibility index (Phi) is 6.22. The van der Waals surface area contributed by atoms with E-state index in [4.69, 9.17) is 4.74 Å². The number of rotatable bonds is 8. The molecule has 0 aliphatic carbocycles. The number of nitrogens with zero attached hydrogens (tertiary/aromatic N) is 1. The topological polar surface area (TPSA) is 86.5 Å². The summed E-state index contributed by atoms with van der Waals surface area (Å²) in [6, 6.07) is 8.60. The van der Waals surface area contributed by atoms with Crippen molar-refractivity contribution < 1.29 is 19.2 Å². The smallest absolute Gasteiger partial charge is 0.319 e. The molecule has 0 saturated carbocycles. The second kappa shape index (κ2) is 7.68.